The Morgan fingerprint density at radius 1 is 1.14 bits per heavy atom. The number of aliphatic imine (C=N–C) groups is 1. The molecule has 1 atom stereocenters. The van der Waals surface area contributed by atoms with Gasteiger partial charge in [-0.1, -0.05) is 0 Å². The lowest BCUT2D eigenvalue weighted by atomic mass is 10.1. The highest BCUT2D eigenvalue weighted by molar-refractivity contribution is 5.91. The van der Waals surface area contributed by atoms with E-state index in [0.717, 1.165) is 29.4 Å². The molecule has 0 bridgehead atoms. The maximum atomic E-state index is 14.3. The van der Waals surface area contributed by atoms with Crippen LogP contribution >= 0.6 is 0 Å². The SMILES string of the molecule is CN(C)C1=CC(Nc2cc(-c3cc(F)ccc3F)nc3ncccc23)N=CN1. The first-order valence-corrected chi connectivity index (χ1v) is 8.66. The molecule has 0 aliphatic carbocycles. The highest BCUT2D eigenvalue weighted by Gasteiger charge is 2.16. The Kier molecular flexibility index (Phi) is 4.60. The summed E-state index contributed by atoms with van der Waals surface area (Å²) < 4.78 is 28.0. The van der Waals surface area contributed by atoms with Crippen LogP contribution in [0.25, 0.3) is 22.3 Å². The number of halogens is 2. The molecule has 0 radical (unpaired) electrons. The highest BCUT2D eigenvalue weighted by Crippen LogP contribution is 2.30. The molecule has 6 nitrogen and oxygen atoms in total. The number of anilines is 1. The molecule has 1 aliphatic rings. The van der Waals surface area contributed by atoms with Crippen molar-refractivity contribution < 1.29 is 8.78 Å². The molecule has 1 aliphatic heterocycles. The monoisotopic (exact) mass is 380 g/mol. The molecule has 28 heavy (non-hydrogen) atoms. The number of pyridine rings is 2. The van der Waals surface area contributed by atoms with Crippen molar-refractivity contribution in [2.75, 3.05) is 19.4 Å². The van der Waals surface area contributed by atoms with Gasteiger partial charge in [-0.2, -0.15) is 0 Å². The minimum Gasteiger partial charge on any atom is -0.364 e. The summed E-state index contributed by atoms with van der Waals surface area (Å²) in [6, 6.07) is 8.64. The number of benzene rings is 1. The molecule has 4 rings (SSSR count). The van der Waals surface area contributed by atoms with Gasteiger partial charge in [-0.25, -0.2) is 23.7 Å². The van der Waals surface area contributed by atoms with Crippen LogP contribution in [0, 0.1) is 11.6 Å². The van der Waals surface area contributed by atoms with Gasteiger partial charge in [-0.3, -0.25) is 0 Å². The van der Waals surface area contributed by atoms with E-state index < -0.39 is 11.6 Å². The van der Waals surface area contributed by atoms with Crippen molar-refractivity contribution >= 4 is 23.1 Å². The maximum absolute atomic E-state index is 14.3. The normalized spacial score (nSPS) is 15.9. The van der Waals surface area contributed by atoms with E-state index >= 15 is 0 Å². The van der Waals surface area contributed by atoms with Crippen LogP contribution in [-0.2, 0) is 0 Å². The molecule has 1 aromatic carbocycles. The number of rotatable bonds is 4. The Balaban J connectivity index is 1.80. The topological polar surface area (TPSA) is 65.4 Å². The zero-order valence-electron chi connectivity index (χ0n) is 15.3. The van der Waals surface area contributed by atoms with Crippen molar-refractivity contribution in [3.8, 4) is 11.3 Å². The Morgan fingerprint density at radius 2 is 2.00 bits per heavy atom. The molecule has 0 fully saturated rings. The molecule has 0 spiro atoms. The molecule has 3 heterocycles. The van der Waals surface area contributed by atoms with Crippen molar-refractivity contribution in [3.63, 3.8) is 0 Å². The number of aromatic nitrogens is 2. The molecular weight excluding hydrogens is 362 g/mol. The first-order chi connectivity index (χ1) is 13.5. The third-order valence-corrected chi connectivity index (χ3v) is 4.34. The summed E-state index contributed by atoms with van der Waals surface area (Å²) >= 11 is 0. The molecule has 2 N–H and O–H groups in total. The van der Waals surface area contributed by atoms with Gasteiger partial charge in [0, 0.05) is 43.0 Å². The van der Waals surface area contributed by atoms with Crippen LogP contribution in [0.2, 0.25) is 0 Å². The van der Waals surface area contributed by atoms with Gasteiger partial charge in [0.05, 0.1) is 12.0 Å². The Morgan fingerprint density at radius 3 is 2.82 bits per heavy atom. The van der Waals surface area contributed by atoms with Gasteiger partial charge in [0.1, 0.15) is 23.6 Å². The van der Waals surface area contributed by atoms with Crippen molar-refractivity contribution in [1.82, 2.24) is 20.2 Å². The first kappa shape index (κ1) is 17.8. The second kappa shape index (κ2) is 7.22. The Labute approximate surface area is 160 Å². The van der Waals surface area contributed by atoms with Gasteiger partial charge in [-0.15, -0.1) is 0 Å². The van der Waals surface area contributed by atoms with Crippen molar-refractivity contribution in [1.29, 1.82) is 0 Å². The molecule has 0 saturated heterocycles. The standard InChI is InChI=1S/C20H18F2N6/c1-28(2)19-10-18(24-11-25-19)26-16-9-17(14-8-12(21)5-6-15(14)22)27-20-13(16)4-3-7-23-20/h3-11,18H,1-2H3,(H,24,25)(H,23,26,27). The average molecular weight is 380 g/mol. The number of hydrogen-bond donors (Lipinski definition) is 2. The Bertz CT molecular complexity index is 1090. The lowest BCUT2D eigenvalue weighted by molar-refractivity contribution is 0.481. The zero-order valence-corrected chi connectivity index (χ0v) is 15.3. The van der Waals surface area contributed by atoms with Crippen LogP contribution in [0.4, 0.5) is 14.5 Å². The molecule has 2 aromatic heterocycles. The van der Waals surface area contributed by atoms with E-state index in [4.69, 9.17) is 0 Å². The molecule has 0 amide bonds. The van der Waals surface area contributed by atoms with Gasteiger partial charge in [0.15, 0.2) is 5.65 Å². The van der Waals surface area contributed by atoms with Gasteiger partial charge >= 0.3 is 0 Å². The Hall–Kier alpha value is -3.55. The average Bonchev–Trinajstić information content (AvgIpc) is 2.70. The smallest absolute Gasteiger partial charge is 0.161 e. The van der Waals surface area contributed by atoms with Gasteiger partial charge in [-0.05, 0) is 36.4 Å². The minimum absolute atomic E-state index is 0.0777. The van der Waals surface area contributed by atoms with Crippen molar-refractivity contribution in [3.05, 3.63) is 66.1 Å². The fraction of sp³-hybridized carbons (Fsp3) is 0.150. The number of fused-ring (bicyclic) bond motifs is 1. The lowest BCUT2D eigenvalue weighted by Gasteiger charge is -2.24. The van der Waals surface area contributed by atoms with Crippen LogP contribution < -0.4 is 10.6 Å². The maximum Gasteiger partial charge on any atom is 0.161 e. The van der Waals surface area contributed by atoms with Crippen LogP contribution in [0.1, 0.15) is 0 Å². The third-order valence-electron chi connectivity index (χ3n) is 4.34. The summed E-state index contributed by atoms with van der Waals surface area (Å²) in [7, 11) is 3.84. The second-order valence-electron chi connectivity index (χ2n) is 6.51. The summed E-state index contributed by atoms with van der Waals surface area (Å²) in [4.78, 5) is 15.0. The lowest BCUT2D eigenvalue weighted by Crippen LogP contribution is -2.32. The summed E-state index contributed by atoms with van der Waals surface area (Å²) in [6.45, 7) is 0. The molecule has 1 unspecified atom stereocenters. The summed E-state index contributed by atoms with van der Waals surface area (Å²) in [5.74, 6) is -0.194. The van der Waals surface area contributed by atoms with E-state index in [2.05, 4.69) is 25.6 Å². The minimum atomic E-state index is -0.551. The van der Waals surface area contributed by atoms with Crippen LogP contribution in [-0.4, -0.2) is 41.5 Å². The molecule has 8 heteroatoms. The van der Waals surface area contributed by atoms with Gasteiger partial charge in [0.25, 0.3) is 0 Å². The van der Waals surface area contributed by atoms with Gasteiger partial charge in [0.2, 0.25) is 0 Å². The predicted molar refractivity (Wildman–Crippen MR) is 106 cm³/mol. The fourth-order valence-corrected chi connectivity index (χ4v) is 2.95. The molecule has 0 saturated carbocycles. The summed E-state index contributed by atoms with van der Waals surface area (Å²) in [6.07, 6.45) is 4.80. The molecular formula is C20H18F2N6. The van der Waals surface area contributed by atoms with E-state index in [0.29, 0.717) is 17.0 Å². The van der Waals surface area contributed by atoms with Crippen molar-refractivity contribution in [2.24, 2.45) is 4.99 Å². The van der Waals surface area contributed by atoms with E-state index in [-0.39, 0.29) is 11.7 Å². The van der Waals surface area contributed by atoms with E-state index in [1.807, 2.05) is 31.1 Å². The number of hydrogen-bond acceptors (Lipinski definition) is 6. The number of nitrogens with one attached hydrogen (secondary N) is 2. The summed E-state index contributed by atoms with van der Waals surface area (Å²) in [5, 5.41) is 7.14. The van der Waals surface area contributed by atoms with E-state index in [1.165, 1.54) is 0 Å². The van der Waals surface area contributed by atoms with Crippen LogP contribution in [0.15, 0.2) is 59.5 Å². The van der Waals surface area contributed by atoms with Crippen LogP contribution in [0.3, 0.4) is 0 Å². The largest absolute Gasteiger partial charge is 0.364 e. The number of nitrogens with zero attached hydrogens (tertiary/aromatic N) is 4. The molecule has 3 aromatic rings. The van der Waals surface area contributed by atoms with E-state index in [9.17, 15) is 8.78 Å². The zero-order chi connectivity index (χ0) is 19.7. The predicted octanol–water partition coefficient (Wildman–Crippen LogP) is 3.35. The molecule has 142 valence electrons. The van der Waals surface area contributed by atoms with Gasteiger partial charge < -0.3 is 15.5 Å². The van der Waals surface area contributed by atoms with Crippen molar-refractivity contribution in [2.45, 2.75) is 6.17 Å². The second-order valence-corrected chi connectivity index (χ2v) is 6.51. The fourth-order valence-electron chi connectivity index (χ4n) is 2.95. The first-order valence-electron chi connectivity index (χ1n) is 8.66. The van der Waals surface area contributed by atoms with Crippen LogP contribution in [0.5, 0.6) is 0 Å². The summed E-state index contributed by atoms with van der Waals surface area (Å²) in [5.41, 5.74) is 1.48. The quantitative estimate of drug-likeness (QED) is 0.727. The van der Waals surface area contributed by atoms with E-state index in [1.54, 1.807) is 24.7 Å². The highest BCUT2D eigenvalue weighted by atomic mass is 19.1. The third kappa shape index (κ3) is 3.48.